The van der Waals surface area contributed by atoms with E-state index in [1.165, 1.54) is 30.5 Å². The molecule has 9 heteroatoms. The fourth-order valence-corrected chi connectivity index (χ4v) is 2.40. The first kappa shape index (κ1) is 19.4. The average Bonchev–Trinajstić information content (AvgIpc) is 2.99. The number of anilines is 1. The Labute approximate surface area is 157 Å². The van der Waals surface area contributed by atoms with Crippen LogP contribution in [0.5, 0.6) is 5.75 Å². The fraction of sp³-hybridized carbons (Fsp3) is 0.158. The third-order valence-corrected chi connectivity index (χ3v) is 4.15. The molecule has 0 bridgehead atoms. The lowest BCUT2D eigenvalue weighted by molar-refractivity contribution is 0.102. The minimum atomic E-state index is -1.61. The SMILES string of the molecule is Cc1c(NC(=O)c2ccc(COc3c(F)c(F)cc(F)c3F)cc2)cnn1C. The lowest BCUT2D eigenvalue weighted by Crippen LogP contribution is -2.12. The third-order valence-electron chi connectivity index (χ3n) is 4.15. The van der Waals surface area contributed by atoms with Crippen LogP contribution in [0.3, 0.4) is 0 Å². The van der Waals surface area contributed by atoms with Crippen molar-refractivity contribution in [2.75, 3.05) is 5.32 Å². The number of benzene rings is 2. The first-order valence-corrected chi connectivity index (χ1v) is 8.12. The Kier molecular flexibility index (Phi) is 5.34. The van der Waals surface area contributed by atoms with Crippen molar-refractivity contribution in [3.8, 4) is 5.75 Å². The molecule has 5 nitrogen and oxygen atoms in total. The van der Waals surface area contributed by atoms with Gasteiger partial charge in [-0.15, -0.1) is 0 Å². The summed E-state index contributed by atoms with van der Waals surface area (Å²) in [6, 6.07) is 6.07. The summed E-state index contributed by atoms with van der Waals surface area (Å²) in [5.74, 6) is -7.82. The predicted molar refractivity (Wildman–Crippen MR) is 92.9 cm³/mol. The Hall–Kier alpha value is -3.36. The van der Waals surface area contributed by atoms with Crippen molar-refractivity contribution in [1.82, 2.24) is 9.78 Å². The molecule has 0 spiro atoms. The van der Waals surface area contributed by atoms with Gasteiger partial charge in [-0.25, -0.2) is 8.78 Å². The second-order valence-electron chi connectivity index (χ2n) is 6.00. The topological polar surface area (TPSA) is 56.1 Å². The molecule has 0 aliphatic rings. The zero-order chi connectivity index (χ0) is 20.4. The number of amides is 1. The largest absolute Gasteiger partial charge is 0.483 e. The highest BCUT2D eigenvalue weighted by molar-refractivity contribution is 6.04. The molecule has 0 radical (unpaired) electrons. The Bertz CT molecular complexity index is 1010. The van der Waals surface area contributed by atoms with Gasteiger partial charge in [0.15, 0.2) is 17.4 Å². The van der Waals surface area contributed by atoms with E-state index < -0.39 is 29.0 Å². The maximum Gasteiger partial charge on any atom is 0.255 e. The number of aromatic nitrogens is 2. The highest BCUT2D eigenvalue weighted by Gasteiger charge is 2.20. The second-order valence-corrected chi connectivity index (χ2v) is 6.00. The Morgan fingerprint density at radius 1 is 1.11 bits per heavy atom. The fourth-order valence-electron chi connectivity index (χ4n) is 2.40. The molecule has 1 N–H and O–H groups in total. The number of carbonyl (C=O) groups is 1. The molecule has 3 rings (SSSR count). The molecular weight excluding hydrogens is 378 g/mol. The summed E-state index contributed by atoms with van der Waals surface area (Å²) in [5, 5.41) is 6.74. The zero-order valence-corrected chi connectivity index (χ0v) is 14.9. The normalized spacial score (nSPS) is 10.8. The van der Waals surface area contributed by atoms with E-state index in [1.54, 1.807) is 18.7 Å². The molecule has 0 saturated heterocycles. The summed E-state index contributed by atoms with van der Waals surface area (Å²) >= 11 is 0. The van der Waals surface area contributed by atoms with E-state index in [9.17, 15) is 22.4 Å². The minimum absolute atomic E-state index is 0.106. The lowest BCUT2D eigenvalue weighted by Gasteiger charge is -2.10. The van der Waals surface area contributed by atoms with Crippen LogP contribution in [0.15, 0.2) is 36.5 Å². The molecule has 0 saturated carbocycles. The van der Waals surface area contributed by atoms with Crippen LogP contribution >= 0.6 is 0 Å². The van der Waals surface area contributed by atoms with E-state index in [2.05, 4.69) is 10.4 Å². The van der Waals surface area contributed by atoms with Gasteiger partial charge in [-0.1, -0.05) is 12.1 Å². The van der Waals surface area contributed by atoms with Crippen LogP contribution in [0, 0.1) is 30.2 Å². The molecule has 28 heavy (non-hydrogen) atoms. The number of nitrogens with one attached hydrogen (secondary N) is 1. The van der Waals surface area contributed by atoms with E-state index in [0.717, 1.165) is 5.69 Å². The van der Waals surface area contributed by atoms with E-state index in [1.807, 2.05) is 0 Å². The Morgan fingerprint density at radius 3 is 2.25 bits per heavy atom. The quantitative estimate of drug-likeness (QED) is 0.524. The van der Waals surface area contributed by atoms with Gasteiger partial charge in [0.25, 0.3) is 5.91 Å². The second kappa shape index (κ2) is 7.71. The number of ether oxygens (including phenoxy) is 1. The standard InChI is InChI=1S/C19H15F4N3O2/c1-10-15(8-24-26(10)2)25-19(27)12-5-3-11(4-6-12)9-28-18-16(22)13(20)7-14(21)17(18)23/h3-8H,9H2,1-2H3,(H,25,27). The number of aryl methyl sites for hydroxylation is 1. The molecule has 1 heterocycles. The molecule has 1 amide bonds. The maximum atomic E-state index is 13.6. The Balaban J connectivity index is 1.68. The van der Waals surface area contributed by atoms with Gasteiger partial charge in [0, 0.05) is 18.7 Å². The summed E-state index contributed by atoms with van der Waals surface area (Å²) in [6.07, 6.45) is 1.52. The molecular formula is C19H15F4N3O2. The van der Waals surface area contributed by atoms with Gasteiger partial charge >= 0.3 is 0 Å². The summed E-state index contributed by atoms with van der Waals surface area (Å²) in [7, 11) is 1.75. The van der Waals surface area contributed by atoms with Gasteiger partial charge in [-0.05, 0) is 24.6 Å². The molecule has 2 aromatic carbocycles. The molecule has 0 aliphatic heterocycles. The first-order chi connectivity index (χ1) is 13.3. The van der Waals surface area contributed by atoms with Gasteiger partial charge in [-0.2, -0.15) is 13.9 Å². The molecule has 3 aromatic rings. The molecule has 0 atom stereocenters. The summed E-state index contributed by atoms with van der Waals surface area (Å²) in [6.45, 7) is 1.46. The summed E-state index contributed by atoms with van der Waals surface area (Å²) < 4.78 is 60.1. The third kappa shape index (κ3) is 3.83. The lowest BCUT2D eigenvalue weighted by atomic mass is 10.1. The average molecular weight is 393 g/mol. The number of rotatable bonds is 5. The van der Waals surface area contributed by atoms with Crippen molar-refractivity contribution in [3.63, 3.8) is 0 Å². The van der Waals surface area contributed by atoms with Crippen LogP contribution in [0.4, 0.5) is 23.2 Å². The Morgan fingerprint density at radius 2 is 1.71 bits per heavy atom. The molecule has 0 unspecified atom stereocenters. The molecule has 146 valence electrons. The minimum Gasteiger partial charge on any atom is -0.483 e. The number of nitrogens with zero attached hydrogens (tertiary/aromatic N) is 2. The van der Waals surface area contributed by atoms with Crippen molar-refractivity contribution >= 4 is 11.6 Å². The number of halogens is 4. The zero-order valence-electron chi connectivity index (χ0n) is 14.9. The number of carbonyl (C=O) groups excluding carboxylic acids is 1. The van der Waals surface area contributed by atoms with Crippen molar-refractivity contribution in [3.05, 3.63) is 76.6 Å². The van der Waals surface area contributed by atoms with Crippen molar-refractivity contribution < 1.29 is 27.1 Å². The van der Waals surface area contributed by atoms with Crippen molar-refractivity contribution in [1.29, 1.82) is 0 Å². The monoisotopic (exact) mass is 393 g/mol. The highest BCUT2D eigenvalue weighted by atomic mass is 19.2. The molecule has 1 aromatic heterocycles. The smallest absolute Gasteiger partial charge is 0.255 e. The van der Waals surface area contributed by atoms with Gasteiger partial charge in [-0.3, -0.25) is 9.48 Å². The summed E-state index contributed by atoms with van der Waals surface area (Å²) in [5.41, 5.74) is 2.13. The number of hydrogen-bond acceptors (Lipinski definition) is 3. The van der Waals surface area contributed by atoms with Crippen molar-refractivity contribution in [2.45, 2.75) is 13.5 Å². The van der Waals surface area contributed by atoms with Crippen LogP contribution < -0.4 is 10.1 Å². The van der Waals surface area contributed by atoms with E-state index in [4.69, 9.17) is 4.74 Å². The van der Waals surface area contributed by atoms with Crippen LogP contribution in [0.25, 0.3) is 0 Å². The van der Waals surface area contributed by atoms with Crippen LogP contribution in [-0.2, 0) is 13.7 Å². The predicted octanol–water partition coefficient (Wildman–Crippen LogP) is 4.12. The molecule has 0 aliphatic carbocycles. The van der Waals surface area contributed by atoms with Crippen LogP contribution in [0.1, 0.15) is 21.6 Å². The number of hydrogen-bond donors (Lipinski definition) is 1. The highest BCUT2D eigenvalue weighted by Crippen LogP contribution is 2.27. The maximum absolute atomic E-state index is 13.6. The van der Waals surface area contributed by atoms with E-state index in [0.29, 0.717) is 16.8 Å². The van der Waals surface area contributed by atoms with Crippen molar-refractivity contribution in [2.24, 2.45) is 7.05 Å². The summed E-state index contributed by atoms with van der Waals surface area (Å²) in [4.78, 5) is 12.3. The van der Waals surface area contributed by atoms with Gasteiger partial charge in [0.05, 0.1) is 17.6 Å². The van der Waals surface area contributed by atoms with E-state index in [-0.39, 0.29) is 18.6 Å². The van der Waals surface area contributed by atoms with Crippen LogP contribution in [-0.4, -0.2) is 15.7 Å². The van der Waals surface area contributed by atoms with Gasteiger partial charge in [0.2, 0.25) is 11.6 Å². The molecule has 0 fully saturated rings. The van der Waals surface area contributed by atoms with Crippen LogP contribution in [0.2, 0.25) is 0 Å². The first-order valence-electron chi connectivity index (χ1n) is 8.12. The van der Waals surface area contributed by atoms with Gasteiger partial charge < -0.3 is 10.1 Å². The van der Waals surface area contributed by atoms with Gasteiger partial charge in [0.1, 0.15) is 6.61 Å². The van der Waals surface area contributed by atoms with E-state index >= 15 is 0 Å².